The Hall–Kier alpha value is -2.47. The molecular formula is C15H14N4OS. The molecule has 6 heteroatoms. The molecule has 2 heterocycles. The van der Waals surface area contributed by atoms with E-state index >= 15 is 0 Å². The summed E-state index contributed by atoms with van der Waals surface area (Å²) in [6.45, 7) is 1.95. The zero-order valence-corrected chi connectivity index (χ0v) is 12.2. The Kier molecular flexibility index (Phi) is 3.79. The molecule has 0 spiro atoms. The third-order valence-corrected chi connectivity index (χ3v) is 4.08. The van der Waals surface area contributed by atoms with E-state index in [1.54, 1.807) is 11.3 Å². The number of carbonyl (C=O) groups excluding carboxylic acids is 1. The Morgan fingerprint density at radius 1 is 1.24 bits per heavy atom. The predicted octanol–water partition coefficient (Wildman–Crippen LogP) is 2.82. The van der Waals surface area contributed by atoms with Crippen LogP contribution in [0.15, 0.2) is 54.0 Å². The van der Waals surface area contributed by atoms with E-state index in [9.17, 15) is 4.79 Å². The number of aromatic nitrogens is 3. The van der Waals surface area contributed by atoms with Gasteiger partial charge in [-0.05, 0) is 30.5 Å². The van der Waals surface area contributed by atoms with Gasteiger partial charge in [0.05, 0.1) is 17.9 Å². The molecule has 1 N–H and O–H groups in total. The maximum Gasteiger partial charge on any atom is 0.273 e. The van der Waals surface area contributed by atoms with Crippen molar-refractivity contribution < 1.29 is 4.79 Å². The molecule has 0 bridgehead atoms. The minimum Gasteiger partial charge on any atom is -0.343 e. The van der Waals surface area contributed by atoms with Crippen LogP contribution in [0.25, 0.3) is 5.69 Å². The van der Waals surface area contributed by atoms with Gasteiger partial charge in [0.15, 0.2) is 5.69 Å². The van der Waals surface area contributed by atoms with Crippen LogP contribution >= 0.6 is 11.3 Å². The van der Waals surface area contributed by atoms with Gasteiger partial charge in [0.2, 0.25) is 0 Å². The third kappa shape index (κ3) is 3.00. The number of benzene rings is 1. The number of hydrogen-bond donors (Lipinski definition) is 1. The fourth-order valence-electron chi connectivity index (χ4n) is 1.93. The minimum atomic E-state index is -0.224. The average molecular weight is 298 g/mol. The van der Waals surface area contributed by atoms with Crippen molar-refractivity contribution in [3.05, 3.63) is 64.6 Å². The third-order valence-electron chi connectivity index (χ3n) is 3.03. The normalized spacial score (nSPS) is 12.0. The van der Waals surface area contributed by atoms with E-state index in [1.807, 2.05) is 54.8 Å². The van der Waals surface area contributed by atoms with Gasteiger partial charge in [-0.3, -0.25) is 4.79 Å². The fourth-order valence-corrected chi connectivity index (χ4v) is 2.67. The van der Waals surface area contributed by atoms with Crippen LogP contribution in [-0.4, -0.2) is 20.9 Å². The van der Waals surface area contributed by atoms with Crippen LogP contribution in [0, 0.1) is 0 Å². The average Bonchev–Trinajstić information content (AvgIpc) is 3.20. The molecule has 0 fully saturated rings. The molecule has 1 aromatic carbocycles. The lowest BCUT2D eigenvalue weighted by atomic mass is 10.2. The number of carbonyl (C=O) groups is 1. The van der Waals surface area contributed by atoms with E-state index in [1.165, 1.54) is 11.0 Å². The number of thiophene rings is 1. The first-order valence-corrected chi connectivity index (χ1v) is 7.44. The van der Waals surface area contributed by atoms with Gasteiger partial charge in [-0.15, -0.1) is 16.4 Å². The van der Waals surface area contributed by atoms with E-state index in [-0.39, 0.29) is 11.9 Å². The van der Waals surface area contributed by atoms with E-state index < -0.39 is 0 Å². The second-order valence-electron chi connectivity index (χ2n) is 4.57. The second-order valence-corrected chi connectivity index (χ2v) is 5.54. The summed E-state index contributed by atoms with van der Waals surface area (Å²) in [5.41, 5.74) is 1.13. The standard InChI is InChI=1S/C15H14N4OS/c1-11(14-8-5-9-21-14)17-15(20)13-10-16-19(18-13)12-6-3-2-4-7-12/h2-11H,1H3,(H,17,20)/t11-/m0/s1. The van der Waals surface area contributed by atoms with Gasteiger partial charge < -0.3 is 5.32 Å². The van der Waals surface area contributed by atoms with Crippen molar-refractivity contribution in [1.29, 1.82) is 0 Å². The van der Waals surface area contributed by atoms with Gasteiger partial charge >= 0.3 is 0 Å². The topological polar surface area (TPSA) is 59.8 Å². The van der Waals surface area contributed by atoms with Crippen molar-refractivity contribution in [2.45, 2.75) is 13.0 Å². The summed E-state index contributed by atoms with van der Waals surface area (Å²) in [5.74, 6) is -0.224. The van der Waals surface area contributed by atoms with Gasteiger partial charge in [0.1, 0.15) is 0 Å². The van der Waals surface area contributed by atoms with Crippen LogP contribution in [0.2, 0.25) is 0 Å². The van der Waals surface area contributed by atoms with Crippen molar-refractivity contribution in [3.63, 3.8) is 0 Å². The summed E-state index contributed by atoms with van der Waals surface area (Å²) >= 11 is 1.61. The zero-order chi connectivity index (χ0) is 14.7. The molecule has 1 atom stereocenters. The van der Waals surface area contributed by atoms with Gasteiger partial charge in [-0.1, -0.05) is 24.3 Å². The zero-order valence-electron chi connectivity index (χ0n) is 11.4. The molecule has 0 unspecified atom stereocenters. The number of para-hydroxylation sites is 1. The van der Waals surface area contributed by atoms with Crippen LogP contribution < -0.4 is 5.32 Å². The summed E-state index contributed by atoms with van der Waals surface area (Å²) in [5, 5.41) is 13.2. The van der Waals surface area contributed by atoms with Crippen molar-refractivity contribution in [2.75, 3.05) is 0 Å². The predicted molar refractivity (Wildman–Crippen MR) is 81.6 cm³/mol. The smallest absolute Gasteiger partial charge is 0.273 e. The minimum absolute atomic E-state index is 0.0422. The number of amides is 1. The lowest BCUT2D eigenvalue weighted by Crippen LogP contribution is -2.26. The lowest BCUT2D eigenvalue weighted by Gasteiger charge is -2.10. The largest absolute Gasteiger partial charge is 0.343 e. The first-order chi connectivity index (χ1) is 10.2. The summed E-state index contributed by atoms with van der Waals surface area (Å²) in [6.07, 6.45) is 1.48. The van der Waals surface area contributed by atoms with Crippen molar-refractivity contribution in [3.8, 4) is 5.69 Å². The molecule has 0 radical (unpaired) electrons. The number of nitrogens with zero attached hydrogens (tertiary/aromatic N) is 3. The Balaban J connectivity index is 1.73. The number of hydrogen-bond acceptors (Lipinski definition) is 4. The highest BCUT2D eigenvalue weighted by Gasteiger charge is 2.15. The molecule has 0 aliphatic heterocycles. The van der Waals surface area contributed by atoms with E-state index in [0.717, 1.165) is 10.6 Å². The van der Waals surface area contributed by atoms with E-state index in [2.05, 4.69) is 15.5 Å². The highest BCUT2D eigenvalue weighted by atomic mass is 32.1. The fraction of sp³-hybridized carbons (Fsp3) is 0.133. The molecule has 3 rings (SSSR count). The van der Waals surface area contributed by atoms with Crippen molar-refractivity contribution in [2.24, 2.45) is 0 Å². The van der Waals surface area contributed by atoms with Crippen molar-refractivity contribution in [1.82, 2.24) is 20.3 Å². The summed E-state index contributed by atoms with van der Waals surface area (Å²) in [7, 11) is 0. The Bertz CT molecular complexity index is 721. The molecule has 0 aliphatic carbocycles. The van der Waals surface area contributed by atoms with Crippen LogP contribution in [0.5, 0.6) is 0 Å². The summed E-state index contributed by atoms with van der Waals surface area (Å²) in [4.78, 5) is 14.7. The van der Waals surface area contributed by atoms with Crippen molar-refractivity contribution >= 4 is 17.2 Å². The number of rotatable bonds is 4. The van der Waals surface area contributed by atoms with Crippen LogP contribution in [0.4, 0.5) is 0 Å². The Morgan fingerprint density at radius 2 is 2.05 bits per heavy atom. The monoisotopic (exact) mass is 298 g/mol. The lowest BCUT2D eigenvalue weighted by molar-refractivity contribution is 0.0935. The molecule has 106 valence electrons. The maximum atomic E-state index is 12.2. The summed E-state index contributed by atoms with van der Waals surface area (Å²) in [6, 6.07) is 13.4. The summed E-state index contributed by atoms with van der Waals surface area (Å²) < 4.78 is 0. The first-order valence-electron chi connectivity index (χ1n) is 6.56. The van der Waals surface area contributed by atoms with Crippen LogP contribution in [0.3, 0.4) is 0 Å². The van der Waals surface area contributed by atoms with Gasteiger partial charge in [0.25, 0.3) is 5.91 Å². The molecule has 1 amide bonds. The maximum absolute atomic E-state index is 12.2. The van der Waals surface area contributed by atoms with E-state index in [0.29, 0.717) is 5.69 Å². The van der Waals surface area contributed by atoms with Gasteiger partial charge in [0, 0.05) is 4.88 Å². The molecule has 3 aromatic rings. The first kappa shape index (κ1) is 13.5. The second kappa shape index (κ2) is 5.88. The van der Waals surface area contributed by atoms with Crippen LogP contribution in [0.1, 0.15) is 28.3 Å². The molecule has 0 aliphatic rings. The van der Waals surface area contributed by atoms with Gasteiger partial charge in [-0.2, -0.15) is 9.90 Å². The highest BCUT2D eigenvalue weighted by Crippen LogP contribution is 2.18. The SMILES string of the molecule is C[C@H](NC(=O)c1cnn(-c2ccccc2)n1)c1cccs1. The molecule has 21 heavy (non-hydrogen) atoms. The number of nitrogens with one attached hydrogen (secondary N) is 1. The Morgan fingerprint density at radius 3 is 2.76 bits per heavy atom. The molecular weight excluding hydrogens is 284 g/mol. The molecule has 0 saturated heterocycles. The Labute approximate surface area is 126 Å². The quantitative estimate of drug-likeness (QED) is 0.805. The van der Waals surface area contributed by atoms with Crippen LogP contribution in [-0.2, 0) is 0 Å². The molecule has 5 nitrogen and oxygen atoms in total. The van der Waals surface area contributed by atoms with E-state index in [4.69, 9.17) is 0 Å². The molecule has 2 aromatic heterocycles. The van der Waals surface area contributed by atoms with Gasteiger partial charge in [-0.25, -0.2) is 0 Å². The highest BCUT2D eigenvalue weighted by molar-refractivity contribution is 7.10. The molecule has 0 saturated carbocycles.